The number of rotatable bonds is 4. The monoisotopic (exact) mass is 181 g/mol. The average Bonchev–Trinajstić information content (AvgIpc) is 2.56. The second-order valence-corrected chi connectivity index (χ2v) is 3.36. The van der Waals surface area contributed by atoms with Crippen LogP contribution >= 0.6 is 0 Å². The van der Waals surface area contributed by atoms with Gasteiger partial charge in [-0.3, -0.25) is 4.79 Å². The molecule has 1 aliphatic rings. The number of hydrogen-bond donors (Lipinski definition) is 1. The van der Waals surface area contributed by atoms with E-state index in [9.17, 15) is 4.79 Å². The summed E-state index contributed by atoms with van der Waals surface area (Å²) in [4.78, 5) is 11.1. The molecule has 1 heterocycles. The molecule has 0 saturated heterocycles. The van der Waals surface area contributed by atoms with Gasteiger partial charge in [0.15, 0.2) is 0 Å². The fourth-order valence-corrected chi connectivity index (χ4v) is 0.996. The molecule has 0 radical (unpaired) electrons. The number of nitrogens with zero attached hydrogens (tertiary/aromatic N) is 2. The summed E-state index contributed by atoms with van der Waals surface area (Å²) in [5.74, 6) is 0.154. The average molecular weight is 181 g/mol. The molecule has 4 heteroatoms. The molecule has 0 atom stereocenters. The van der Waals surface area contributed by atoms with Crippen LogP contribution in [0.3, 0.4) is 0 Å². The van der Waals surface area contributed by atoms with E-state index in [1.165, 1.54) is 0 Å². The van der Waals surface area contributed by atoms with Gasteiger partial charge in [-0.05, 0) is 0 Å². The predicted octanol–water partition coefficient (Wildman–Crippen LogP) is 0.979. The molecular formula is C9H15N3O. The zero-order valence-electron chi connectivity index (χ0n) is 8.08. The van der Waals surface area contributed by atoms with Gasteiger partial charge in [-0.1, -0.05) is 13.8 Å². The lowest BCUT2D eigenvalue weighted by Crippen LogP contribution is -2.29. The first-order valence-corrected chi connectivity index (χ1v) is 4.55. The van der Waals surface area contributed by atoms with Gasteiger partial charge in [0.25, 0.3) is 0 Å². The van der Waals surface area contributed by atoms with Crippen molar-refractivity contribution in [3.63, 3.8) is 0 Å². The molecule has 0 aromatic carbocycles. The van der Waals surface area contributed by atoms with Gasteiger partial charge in [0.05, 0.1) is 0 Å². The van der Waals surface area contributed by atoms with E-state index in [2.05, 4.69) is 15.5 Å². The molecule has 0 saturated carbocycles. The lowest BCUT2D eigenvalue weighted by molar-refractivity contribution is -0.123. The molecule has 0 fully saturated rings. The molecule has 1 rings (SSSR count). The summed E-state index contributed by atoms with van der Waals surface area (Å²) in [6, 6.07) is 0. The molecule has 1 aliphatic heterocycles. The second-order valence-electron chi connectivity index (χ2n) is 3.36. The van der Waals surface area contributed by atoms with Gasteiger partial charge in [-0.2, -0.15) is 10.2 Å². The van der Waals surface area contributed by atoms with Gasteiger partial charge < -0.3 is 5.32 Å². The molecule has 1 amide bonds. The van der Waals surface area contributed by atoms with E-state index in [0.29, 0.717) is 6.54 Å². The largest absolute Gasteiger partial charge is 0.356 e. The van der Waals surface area contributed by atoms with Crippen LogP contribution in [0, 0.1) is 5.92 Å². The summed E-state index contributed by atoms with van der Waals surface area (Å²) in [5.41, 5.74) is 1.05. The summed E-state index contributed by atoms with van der Waals surface area (Å²) < 4.78 is 0. The highest BCUT2D eigenvalue weighted by atomic mass is 16.1. The lowest BCUT2D eigenvalue weighted by atomic mass is 10.2. The Morgan fingerprint density at radius 1 is 1.69 bits per heavy atom. The van der Waals surface area contributed by atoms with Crippen molar-refractivity contribution in [2.24, 2.45) is 16.1 Å². The number of hydrogen-bond acceptors (Lipinski definition) is 3. The lowest BCUT2D eigenvalue weighted by Gasteiger charge is -2.06. The van der Waals surface area contributed by atoms with E-state index in [-0.39, 0.29) is 11.8 Å². The zero-order valence-corrected chi connectivity index (χ0v) is 8.08. The van der Waals surface area contributed by atoms with Crippen molar-refractivity contribution in [3.8, 4) is 0 Å². The van der Waals surface area contributed by atoms with Crippen LogP contribution in [0.25, 0.3) is 0 Å². The smallest absolute Gasteiger partial charge is 0.222 e. The predicted molar refractivity (Wildman–Crippen MR) is 53.0 cm³/mol. The molecule has 4 nitrogen and oxygen atoms in total. The summed E-state index contributed by atoms with van der Waals surface area (Å²) in [6.07, 6.45) is 3.41. The fourth-order valence-electron chi connectivity index (χ4n) is 0.996. The maximum absolute atomic E-state index is 11.1. The van der Waals surface area contributed by atoms with Gasteiger partial charge >= 0.3 is 0 Å². The molecule has 1 N–H and O–H groups in total. The maximum atomic E-state index is 11.1. The molecule has 0 aromatic heterocycles. The Balaban J connectivity index is 2.11. The maximum Gasteiger partial charge on any atom is 0.222 e. The third kappa shape index (κ3) is 3.36. The number of carbonyl (C=O) groups excluding carboxylic acids is 1. The minimum absolute atomic E-state index is 0.0572. The van der Waals surface area contributed by atoms with Crippen LogP contribution in [0.4, 0.5) is 0 Å². The SMILES string of the molecule is CC(C)C(=O)NCCC1=NN=CC1. The molecule has 0 aromatic rings. The third-order valence-electron chi connectivity index (χ3n) is 1.84. The highest BCUT2D eigenvalue weighted by Crippen LogP contribution is 1.98. The van der Waals surface area contributed by atoms with Crippen LogP contribution in [0.5, 0.6) is 0 Å². The van der Waals surface area contributed by atoms with E-state index < -0.39 is 0 Å². The molecule has 13 heavy (non-hydrogen) atoms. The molecule has 0 bridgehead atoms. The van der Waals surface area contributed by atoms with Gasteiger partial charge in [0, 0.05) is 37.2 Å². The Morgan fingerprint density at radius 3 is 3.00 bits per heavy atom. The molecule has 0 aliphatic carbocycles. The normalized spacial score (nSPS) is 14.8. The fraction of sp³-hybridized carbons (Fsp3) is 0.667. The molecule has 0 unspecified atom stereocenters. The van der Waals surface area contributed by atoms with Gasteiger partial charge in [-0.15, -0.1) is 0 Å². The first kappa shape index (κ1) is 9.89. The Labute approximate surface area is 78.1 Å². The standard InChI is InChI=1S/C9H15N3O/c1-7(2)9(13)10-5-3-8-4-6-11-12-8/h6-7H,3-5H2,1-2H3,(H,10,13). The van der Waals surface area contributed by atoms with Crippen LogP contribution in [0.15, 0.2) is 10.2 Å². The van der Waals surface area contributed by atoms with Crippen molar-refractivity contribution in [1.82, 2.24) is 5.32 Å². The van der Waals surface area contributed by atoms with E-state index in [0.717, 1.165) is 18.6 Å². The van der Waals surface area contributed by atoms with E-state index in [1.54, 1.807) is 6.21 Å². The van der Waals surface area contributed by atoms with Crippen molar-refractivity contribution < 1.29 is 4.79 Å². The van der Waals surface area contributed by atoms with Crippen LogP contribution in [-0.4, -0.2) is 24.4 Å². The van der Waals surface area contributed by atoms with E-state index in [1.807, 2.05) is 13.8 Å². The van der Waals surface area contributed by atoms with Crippen LogP contribution in [0.2, 0.25) is 0 Å². The Kier molecular flexibility index (Phi) is 3.61. The number of carbonyl (C=O) groups is 1. The van der Waals surface area contributed by atoms with Gasteiger partial charge in [0.1, 0.15) is 0 Å². The minimum atomic E-state index is 0.0572. The third-order valence-corrected chi connectivity index (χ3v) is 1.84. The van der Waals surface area contributed by atoms with E-state index >= 15 is 0 Å². The first-order valence-electron chi connectivity index (χ1n) is 4.55. The summed E-state index contributed by atoms with van der Waals surface area (Å²) in [6.45, 7) is 4.43. The van der Waals surface area contributed by atoms with Crippen molar-refractivity contribution in [3.05, 3.63) is 0 Å². The number of amides is 1. The van der Waals surface area contributed by atoms with Crippen molar-refractivity contribution in [1.29, 1.82) is 0 Å². The molecule has 0 spiro atoms. The van der Waals surface area contributed by atoms with Gasteiger partial charge in [0.2, 0.25) is 5.91 Å². The number of nitrogens with one attached hydrogen (secondary N) is 1. The first-order chi connectivity index (χ1) is 6.20. The van der Waals surface area contributed by atoms with Gasteiger partial charge in [-0.25, -0.2) is 0 Å². The van der Waals surface area contributed by atoms with Crippen LogP contribution < -0.4 is 5.32 Å². The van der Waals surface area contributed by atoms with Crippen LogP contribution in [-0.2, 0) is 4.79 Å². The van der Waals surface area contributed by atoms with Crippen molar-refractivity contribution >= 4 is 17.8 Å². The summed E-state index contributed by atoms with van der Waals surface area (Å²) in [7, 11) is 0. The Morgan fingerprint density at radius 2 is 2.46 bits per heavy atom. The Hall–Kier alpha value is -1.19. The summed E-state index contributed by atoms with van der Waals surface area (Å²) >= 11 is 0. The second kappa shape index (κ2) is 4.74. The highest BCUT2D eigenvalue weighted by molar-refractivity contribution is 5.98. The van der Waals surface area contributed by atoms with E-state index in [4.69, 9.17) is 0 Å². The Bertz CT molecular complexity index is 243. The minimum Gasteiger partial charge on any atom is -0.356 e. The topological polar surface area (TPSA) is 53.8 Å². The van der Waals surface area contributed by atoms with Crippen molar-refractivity contribution in [2.45, 2.75) is 26.7 Å². The molecule has 72 valence electrons. The quantitative estimate of drug-likeness (QED) is 0.690. The zero-order chi connectivity index (χ0) is 9.68. The highest BCUT2D eigenvalue weighted by Gasteiger charge is 2.07. The van der Waals surface area contributed by atoms with Crippen molar-refractivity contribution in [2.75, 3.05) is 6.54 Å². The summed E-state index contributed by atoms with van der Waals surface area (Å²) in [5, 5.41) is 10.5. The molecular weight excluding hydrogens is 166 g/mol. The van der Waals surface area contributed by atoms with Crippen LogP contribution in [0.1, 0.15) is 26.7 Å².